The molecule has 10 rings (SSSR count). The van der Waals surface area contributed by atoms with E-state index in [1.807, 2.05) is 35.8 Å². The summed E-state index contributed by atoms with van der Waals surface area (Å²) in [6, 6.07) is 25.7. The predicted molar refractivity (Wildman–Crippen MR) is 306 cm³/mol. The molecule has 0 radical (unpaired) electrons. The normalized spacial score (nSPS) is 16.8. The molecule has 4 atom stereocenters. The van der Waals surface area contributed by atoms with E-state index in [1.54, 1.807) is 94.7 Å². The largest absolute Gasteiger partial charge is 0.497 e. The highest BCUT2D eigenvalue weighted by molar-refractivity contribution is 6.01. The van der Waals surface area contributed by atoms with E-state index in [0.29, 0.717) is 69.0 Å². The van der Waals surface area contributed by atoms with Gasteiger partial charge < -0.3 is 29.5 Å². The zero-order valence-corrected chi connectivity index (χ0v) is 48.4. The Morgan fingerprint density at radius 2 is 0.930 bits per heavy atom. The number of fused-ring (bicyclic) bond motifs is 2. The number of rotatable bonds is 14. The Morgan fingerprint density at radius 1 is 0.570 bits per heavy atom. The summed E-state index contributed by atoms with van der Waals surface area (Å²) in [6.07, 6.45) is -7.23. The number of amides is 2. The SMILES string of the molecule is COc1ccc(-c2nc3c(C(=O)N4CCN([C@@H](CO)c5cccc(C(C)=O)c5)C[C@H]4C)cnn3c(C(F)(F)F)c2C)cc1.COc1ccc(-c2nc3c(C(=O)N4CCN([C@H](CO)c5cccc(C(C)=O)c5)C[C@H]4C)cnn3c(C(F)(F)F)c2C)cc1. The van der Waals surface area contributed by atoms with Crippen molar-refractivity contribution in [1.29, 1.82) is 0 Å². The van der Waals surface area contributed by atoms with E-state index in [0.717, 1.165) is 23.5 Å². The van der Waals surface area contributed by atoms with Gasteiger partial charge in [-0.15, -0.1) is 0 Å². The maximum atomic E-state index is 14.3. The Bertz CT molecular complexity index is 3580. The predicted octanol–water partition coefficient (Wildman–Crippen LogP) is 9.63. The monoisotopic (exact) mass is 1190 g/mol. The Balaban J connectivity index is 0.000000205. The van der Waals surface area contributed by atoms with Gasteiger partial charge in [-0.05, 0) is 113 Å². The van der Waals surface area contributed by atoms with Crippen LogP contribution < -0.4 is 9.47 Å². The lowest BCUT2D eigenvalue weighted by molar-refractivity contribution is -0.144. The van der Waals surface area contributed by atoms with Gasteiger partial charge in [0.15, 0.2) is 34.2 Å². The second kappa shape index (κ2) is 25.2. The molecule has 452 valence electrons. The zero-order valence-electron chi connectivity index (χ0n) is 48.4. The number of ether oxygens (including phenoxy) is 2. The standard InChI is InChI=1S/2C31H32F3N5O4/c2*1-18-16-37(26(17-40)23-7-5-6-22(14-23)20(3)41)12-13-38(18)30(42)25-15-35-39-28(31(32,33)34)19(2)27(36-29(25)39)21-8-10-24(43-4)11-9-21/h2*5-11,14-15,18,26,40H,12-13,16-17H2,1-4H3/t18-,26+;18-,26-/m11/s1. The van der Waals surface area contributed by atoms with E-state index < -0.39 is 35.6 Å². The molecule has 86 heavy (non-hydrogen) atoms. The molecule has 2 amide bonds. The van der Waals surface area contributed by atoms with Crippen LogP contribution in [-0.2, 0) is 12.4 Å². The minimum Gasteiger partial charge on any atom is -0.497 e. The lowest BCUT2D eigenvalue weighted by Crippen LogP contribution is -2.55. The topological polar surface area (TPSA) is 201 Å². The minimum atomic E-state index is -4.75. The molecule has 2 aliphatic heterocycles. The molecule has 2 aliphatic rings. The number of alkyl halides is 6. The Morgan fingerprint density at radius 3 is 1.23 bits per heavy atom. The summed E-state index contributed by atoms with van der Waals surface area (Å²) in [5.74, 6) is -0.0340. The molecule has 0 spiro atoms. The van der Waals surface area contributed by atoms with E-state index in [4.69, 9.17) is 9.47 Å². The number of benzene rings is 4. The average Bonchev–Trinajstić information content (AvgIpc) is 1.73. The van der Waals surface area contributed by atoms with Crippen molar-refractivity contribution in [3.8, 4) is 34.0 Å². The lowest BCUT2D eigenvalue weighted by atomic mass is 10.00. The molecule has 24 heteroatoms. The lowest BCUT2D eigenvalue weighted by Gasteiger charge is -2.43. The number of halogens is 6. The first-order valence-electron chi connectivity index (χ1n) is 27.6. The number of aliphatic hydroxyl groups is 2. The number of carbonyl (C=O) groups is 4. The number of Topliss-reactive ketones (excluding diaryl/α,β-unsaturated/α-hetero) is 2. The third kappa shape index (κ3) is 12.4. The van der Waals surface area contributed by atoms with E-state index in [9.17, 15) is 55.7 Å². The van der Waals surface area contributed by atoms with E-state index >= 15 is 0 Å². The quantitative estimate of drug-likeness (QED) is 0.0770. The summed E-state index contributed by atoms with van der Waals surface area (Å²) >= 11 is 0. The Kier molecular flexibility index (Phi) is 18.1. The second-order valence-electron chi connectivity index (χ2n) is 21.4. The van der Waals surface area contributed by atoms with Crippen molar-refractivity contribution in [3.63, 3.8) is 0 Å². The van der Waals surface area contributed by atoms with Crippen molar-refractivity contribution in [3.05, 3.63) is 165 Å². The fourth-order valence-corrected chi connectivity index (χ4v) is 11.4. The first kappa shape index (κ1) is 62.0. The van der Waals surface area contributed by atoms with Crippen LogP contribution >= 0.6 is 0 Å². The molecule has 0 bridgehead atoms. The Hall–Kier alpha value is -8.58. The molecule has 8 aromatic rings. The summed E-state index contributed by atoms with van der Waals surface area (Å²) in [7, 11) is 2.99. The van der Waals surface area contributed by atoms with Crippen molar-refractivity contribution >= 4 is 34.7 Å². The van der Waals surface area contributed by atoms with E-state index in [1.165, 1.54) is 41.9 Å². The molecular weight excluding hydrogens is 1130 g/mol. The molecule has 0 saturated carbocycles. The van der Waals surface area contributed by atoms with Gasteiger partial charge >= 0.3 is 12.4 Å². The summed E-state index contributed by atoms with van der Waals surface area (Å²) < 4.78 is 97.7. The molecule has 18 nitrogen and oxygen atoms in total. The summed E-state index contributed by atoms with van der Waals surface area (Å²) in [4.78, 5) is 67.8. The van der Waals surface area contributed by atoms with Crippen LogP contribution in [0.1, 0.15) is 115 Å². The number of hydrogen-bond donors (Lipinski definition) is 2. The molecule has 0 aliphatic carbocycles. The maximum absolute atomic E-state index is 14.3. The van der Waals surface area contributed by atoms with Gasteiger partial charge in [0, 0.05) is 84.7 Å². The van der Waals surface area contributed by atoms with Gasteiger partial charge in [0.05, 0.1) is 63.3 Å². The van der Waals surface area contributed by atoms with Gasteiger partial charge in [0.1, 0.15) is 22.6 Å². The van der Waals surface area contributed by atoms with Crippen LogP contribution in [0.3, 0.4) is 0 Å². The molecule has 4 aromatic carbocycles. The van der Waals surface area contributed by atoms with Crippen molar-refractivity contribution in [2.75, 3.05) is 66.7 Å². The number of piperazine rings is 2. The molecule has 4 aromatic heterocycles. The van der Waals surface area contributed by atoms with Crippen LogP contribution in [0.2, 0.25) is 0 Å². The van der Waals surface area contributed by atoms with Gasteiger partial charge in [0.2, 0.25) is 0 Å². The van der Waals surface area contributed by atoms with Gasteiger partial charge in [-0.3, -0.25) is 29.0 Å². The smallest absolute Gasteiger partial charge is 0.433 e. The fraction of sp³-hybridized carbons (Fsp3) is 0.355. The third-order valence-corrected chi connectivity index (χ3v) is 15.9. The highest BCUT2D eigenvalue weighted by atomic mass is 19.4. The number of hydrogen-bond acceptors (Lipinski definition) is 14. The van der Waals surface area contributed by atoms with Crippen LogP contribution in [0.4, 0.5) is 26.3 Å². The minimum absolute atomic E-state index is 0.0339. The number of methoxy groups -OCH3 is 2. The summed E-state index contributed by atoms with van der Waals surface area (Å²) in [5, 5.41) is 28.4. The first-order chi connectivity index (χ1) is 40.9. The van der Waals surface area contributed by atoms with Crippen molar-refractivity contribution in [1.82, 2.24) is 48.8 Å². The summed E-state index contributed by atoms with van der Waals surface area (Å²) in [6.45, 7) is 11.1. The molecule has 6 heterocycles. The first-order valence-corrected chi connectivity index (χ1v) is 27.6. The van der Waals surface area contributed by atoms with E-state index in [2.05, 4.69) is 20.2 Å². The van der Waals surface area contributed by atoms with Gasteiger partial charge in [-0.25, -0.2) is 19.0 Å². The van der Waals surface area contributed by atoms with Crippen molar-refractivity contribution in [2.24, 2.45) is 0 Å². The number of aliphatic hydroxyl groups excluding tert-OH is 2. The molecule has 2 N–H and O–H groups in total. The van der Waals surface area contributed by atoms with Crippen molar-refractivity contribution < 1.29 is 65.2 Å². The zero-order chi connectivity index (χ0) is 62.1. The van der Waals surface area contributed by atoms with Gasteiger partial charge in [0.25, 0.3) is 11.8 Å². The molecular formula is C62H64F6N10O8. The van der Waals surface area contributed by atoms with Crippen LogP contribution in [-0.4, -0.2) is 161 Å². The Labute approximate surface area is 491 Å². The number of carbonyl (C=O) groups excluding carboxylic acids is 4. The fourth-order valence-electron chi connectivity index (χ4n) is 11.4. The highest BCUT2D eigenvalue weighted by Crippen LogP contribution is 2.40. The van der Waals surface area contributed by atoms with Gasteiger partial charge in [-0.1, -0.05) is 36.4 Å². The van der Waals surface area contributed by atoms with Crippen LogP contribution in [0, 0.1) is 13.8 Å². The highest BCUT2D eigenvalue weighted by Gasteiger charge is 2.42. The van der Waals surface area contributed by atoms with Crippen molar-refractivity contribution in [2.45, 2.75) is 78.1 Å². The number of nitrogens with zero attached hydrogens (tertiary/aromatic N) is 10. The molecule has 0 unspecified atom stereocenters. The van der Waals surface area contributed by atoms with Crippen LogP contribution in [0.5, 0.6) is 11.5 Å². The maximum Gasteiger partial charge on any atom is 0.433 e. The molecule has 2 fully saturated rings. The second-order valence-corrected chi connectivity index (χ2v) is 21.4. The summed E-state index contributed by atoms with van der Waals surface area (Å²) in [5.41, 5.74) is 1.06. The molecule has 2 saturated heterocycles. The number of ketones is 2. The van der Waals surface area contributed by atoms with Crippen LogP contribution in [0.25, 0.3) is 33.8 Å². The van der Waals surface area contributed by atoms with Gasteiger partial charge in [-0.2, -0.15) is 36.5 Å². The average molecular weight is 1190 g/mol. The third-order valence-electron chi connectivity index (χ3n) is 15.9. The van der Waals surface area contributed by atoms with E-state index in [-0.39, 0.29) is 107 Å². The number of aromatic nitrogens is 6. The van der Waals surface area contributed by atoms with Crippen LogP contribution in [0.15, 0.2) is 109 Å².